The summed E-state index contributed by atoms with van der Waals surface area (Å²) in [5.74, 6) is 0.0418. The second kappa shape index (κ2) is 2.58. The Morgan fingerprint density at radius 1 is 1.45 bits per heavy atom. The Morgan fingerprint density at radius 3 is 2.82 bits per heavy atom. The first kappa shape index (κ1) is 6.73. The van der Waals surface area contributed by atoms with Crippen molar-refractivity contribution in [2.75, 3.05) is 13.1 Å². The minimum absolute atomic E-state index is 0.380. The fourth-order valence-electron chi connectivity index (χ4n) is 1.15. The molecular formula is C8H9FN2. The van der Waals surface area contributed by atoms with Gasteiger partial charge < -0.3 is 5.32 Å². The quantitative estimate of drug-likeness (QED) is 0.605. The first-order valence-electron chi connectivity index (χ1n) is 3.69. The van der Waals surface area contributed by atoms with Gasteiger partial charge in [0.2, 0.25) is 5.95 Å². The molecule has 11 heavy (non-hydrogen) atoms. The smallest absolute Gasteiger partial charge is 0.213 e. The van der Waals surface area contributed by atoms with Crippen LogP contribution in [0.5, 0.6) is 0 Å². The minimum atomic E-state index is -0.380. The second-order valence-corrected chi connectivity index (χ2v) is 2.74. The molecule has 0 aromatic carbocycles. The average molecular weight is 152 g/mol. The lowest BCUT2D eigenvalue weighted by Gasteiger charge is -2.26. The van der Waals surface area contributed by atoms with Gasteiger partial charge in [0.25, 0.3) is 0 Å². The van der Waals surface area contributed by atoms with Crippen LogP contribution in [0, 0.1) is 5.95 Å². The molecule has 1 aromatic rings. The normalized spacial score (nSPS) is 17.9. The number of hydrogen-bond donors (Lipinski definition) is 1. The van der Waals surface area contributed by atoms with Crippen molar-refractivity contribution in [2.45, 2.75) is 5.92 Å². The zero-order chi connectivity index (χ0) is 7.68. The van der Waals surface area contributed by atoms with Crippen LogP contribution in [0.1, 0.15) is 11.6 Å². The van der Waals surface area contributed by atoms with Crippen LogP contribution in [0.25, 0.3) is 0 Å². The van der Waals surface area contributed by atoms with E-state index in [1.54, 1.807) is 6.07 Å². The lowest BCUT2D eigenvalue weighted by Crippen LogP contribution is -2.40. The highest BCUT2D eigenvalue weighted by Crippen LogP contribution is 2.16. The van der Waals surface area contributed by atoms with Crippen LogP contribution in [-0.2, 0) is 0 Å². The van der Waals surface area contributed by atoms with Crippen molar-refractivity contribution < 1.29 is 4.39 Å². The fourth-order valence-corrected chi connectivity index (χ4v) is 1.15. The van der Waals surface area contributed by atoms with Crippen LogP contribution >= 0.6 is 0 Å². The number of pyridine rings is 1. The van der Waals surface area contributed by atoms with Crippen molar-refractivity contribution in [1.29, 1.82) is 0 Å². The largest absolute Gasteiger partial charge is 0.315 e. The molecule has 1 saturated heterocycles. The lowest BCUT2D eigenvalue weighted by atomic mass is 9.99. The topological polar surface area (TPSA) is 24.9 Å². The van der Waals surface area contributed by atoms with Crippen molar-refractivity contribution in [3.63, 3.8) is 0 Å². The Balaban J connectivity index is 2.23. The molecule has 0 saturated carbocycles. The van der Waals surface area contributed by atoms with Crippen molar-refractivity contribution in [2.24, 2.45) is 0 Å². The van der Waals surface area contributed by atoms with Gasteiger partial charge in [0, 0.05) is 24.7 Å². The van der Waals surface area contributed by atoms with Crippen LogP contribution in [-0.4, -0.2) is 18.1 Å². The summed E-state index contributed by atoms with van der Waals surface area (Å²) in [6.07, 6.45) is 0. The van der Waals surface area contributed by atoms with Crippen molar-refractivity contribution in [3.05, 3.63) is 29.8 Å². The van der Waals surface area contributed by atoms with Gasteiger partial charge in [-0.05, 0) is 12.1 Å². The van der Waals surface area contributed by atoms with E-state index >= 15 is 0 Å². The van der Waals surface area contributed by atoms with E-state index in [9.17, 15) is 4.39 Å². The maximum absolute atomic E-state index is 12.6. The van der Waals surface area contributed by atoms with E-state index in [2.05, 4.69) is 10.3 Å². The Bertz CT molecular complexity index is 258. The number of hydrogen-bond acceptors (Lipinski definition) is 2. The summed E-state index contributed by atoms with van der Waals surface area (Å²) in [6, 6.07) is 4.94. The predicted octanol–water partition coefficient (Wildman–Crippen LogP) is 0.907. The number of rotatable bonds is 1. The third-order valence-corrected chi connectivity index (χ3v) is 1.94. The van der Waals surface area contributed by atoms with Gasteiger partial charge in [-0.25, -0.2) is 4.98 Å². The van der Waals surface area contributed by atoms with Gasteiger partial charge in [-0.2, -0.15) is 4.39 Å². The summed E-state index contributed by atoms with van der Waals surface area (Å²) in [5.41, 5.74) is 0.865. The predicted molar refractivity (Wildman–Crippen MR) is 39.8 cm³/mol. The summed E-state index contributed by atoms with van der Waals surface area (Å²) in [4.78, 5) is 3.79. The monoisotopic (exact) mass is 152 g/mol. The zero-order valence-electron chi connectivity index (χ0n) is 6.05. The van der Waals surface area contributed by atoms with E-state index in [4.69, 9.17) is 0 Å². The molecule has 0 unspecified atom stereocenters. The van der Waals surface area contributed by atoms with Gasteiger partial charge in [0.1, 0.15) is 0 Å². The summed E-state index contributed by atoms with van der Waals surface area (Å²) in [6.45, 7) is 1.85. The molecule has 2 heterocycles. The number of nitrogens with one attached hydrogen (secondary N) is 1. The van der Waals surface area contributed by atoms with Crippen LogP contribution in [0.3, 0.4) is 0 Å². The standard InChI is InChI=1S/C8H9FN2/c9-8-3-1-2-7(11-8)6-4-10-5-6/h1-3,6,10H,4-5H2. The molecule has 1 N–H and O–H groups in total. The molecule has 0 atom stereocenters. The van der Waals surface area contributed by atoms with Gasteiger partial charge in [0.05, 0.1) is 0 Å². The van der Waals surface area contributed by atoms with Gasteiger partial charge in [-0.15, -0.1) is 0 Å². The third-order valence-electron chi connectivity index (χ3n) is 1.94. The van der Waals surface area contributed by atoms with E-state index < -0.39 is 0 Å². The summed E-state index contributed by atoms with van der Waals surface area (Å²) in [7, 11) is 0. The lowest BCUT2D eigenvalue weighted by molar-refractivity contribution is 0.432. The van der Waals surface area contributed by atoms with E-state index in [1.165, 1.54) is 6.07 Å². The van der Waals surface area contributed by atoms with Crippen molar-refractivity contribution in [1.82, 2.24) is 10.3 Å². The molecule has 1 aliphatic rings. The molecule has 1 fully saturated rings. The fraction of sp³-hybridized carbons (Fsp3) is 0.375. The summed E-state index contributed by atoms with van der Waals surface area (Å²) < 4.78 is 12.6. The van der Waals surface area contributed by atoms with Crippen LogP contribution < -0.4 is 5.32 Å². The highest BCUT2D eigenvalue weighted by Gasteiger charge is 2.19. The molecule has 0 spiro atoms. The Hall–Kier alpha value is -0.960. The molecule has 0 radical (unpaired) electrons. The minimum Gasteiger partial charge on any atom is -0.315 e. The van der Waals surface area contributed by atoms with E-state index in [0.717, 1.165) is 18.8 Å². The van der Waals surface area contributed by atoms with E-state index in [1.807, 2.05) is 6.07 Å². The molecule has 2 rings (SSSR count). The maximum Gasteiger partial charge on any atom is 0.213 e. The molecule has 0 aliphatic carbocycles. The Labute approximate surface area is 64.5 Å². The molecular weight excluding hydrogens is 143 g/mol. The molecule has 0 bridgehead atoms. The molecule has 0 amide bonds. The van der Waals surface area contributed by atoms with Crippen molar-refractivity contribution >= 4 is 0 Å². The molecule has 58 valence electrons. The van der Waals surface area contributed by atoms with Crippen LogP contribution in [0.15, 0.2) is 18.2 Å². The molecule has 2 nitrogen and oxygen atoms in total. The van der Waals surface area contributed by atoms with E-state index in [-0.39, 0.29) is 5.95 Å². The summed E-state index contributed by atoms with van der Waals surface area (Å²) in [5, 5.41) is 3.12. The van der Waals surface area contributed by atoms with Crippen LogP contribution in [0.2, 0.25) is 0 Å². The number of aromatic nitrogens is 1. The first-order valence-corrected chi connectivity index (χ1v) is 3.69. The van der Waals surface area contributed by atoms with E-state index in [0.29, 0.717) is 5.92 Å². The number of halogens is 1. The Morgan fingerprint density at radius 2 is 2.27 bits per heavy atom. The van der Waals surface area contributed by atoms with Gasteiger partial charge in [-0.3, -0.25) is 0 Å². The first-order chi connectivity index (χ1) is 5.36. The van der Waals surface area contributed by atoms with Gasteiger partial charge in [-0.1, -0.05) is 6.07 Å². The molecule has 1 aliphatic heterocycles. The SMILES string of the molecule is Fc1cccc(C2CNC2)n1. The molecule has 3 heteroatoms. The highest BCUT2D eigenvalue weighted by molar-refractivity contribution is 5.13. The van der Waals surface area contributed by atoms with Crippen molar-refractivity contribution in [3.8, 4) is 0 Å². The average Bonchev–Trinajstić information content (AvgIpc) is 1.83. The highest BCUT2D eigenvalue weighted by atomic mass is 19.1. The Kier molecular flexibility index (Phi) is 1.58. The second-order valence-electron chi connectivity index (χ2n) is 2.74. The van der Waals surface area contributed by atoms with Gasteiger partial charge >= 0.3 is 0 Å². The van der Waals surface area contributed by atoms with Crippen LogP contribution in [0.4, 0.5) is 4.39 Å². The number of nitrogens with zero attached hydrogens (tertiary/aromatic N) is 1. The van der Waals surface area contributed by atoms with Gasteiger partial charge in [0.15, 0.2) is 0 Å². The zero-order valence-corrected chi connectivity index (χ0v) is 6.05. The maximum atomic E-state index is 12.6. The summed E-state index contributed by atoms with van der Waals surface area (Å²) >= 11 is 0. The third kappa shape index (κ3) is 1.24. The molecule has 1 aromatic heterocycles.